The summed E-state index contributed by atoms with van der Waals surface area (Å²) in [6.45, 7) is 0.466. The SMILES string of the molecule is N#CCCCCC(NC(=O)OCC1c2ccccc2-c2ccccc21)C(=O)N1CCC[C@@H]1C(=O)O. The number of unbranched alkanes of at least 4 members (excludes halogenated alkanes) is 2. The zero-order valence-corrected chi connectivity index (χ0v) is 19.5. The second kappa shape index (κ2) is 11.0. The second-order valence-electron chi connectivity index (χ2n) is 8.95. The van der Waals surface area contributed by atoms with Crippen LogP contribution in [-0.2, 0) is 14.3 Å². The molecule has 1 saturated heterocycles. The van der Waals surface area contributed by atoms with E-state index in [0.717, 1.165) is 22.3 Å². The van der Waals surface area contributed by atoms with Crippen LogP contribution in [0.2, 0.25) is 0 Å². The number of carbonyl (C=O) groups is 3. The lowest BCUT2D eigenvalue weighted by molar-refractivity contribution is -0.149. The van der Waals surface area contributed by atoms with Crippen molar-refractivity contribution in [1.29, 1.82) is 5.26 Å². The molecule has 0 saturated carbocycles. The molecule has 2 amide bonds. The van der Waals surface area contributed by atoms with Gasteiger partial charge < -0.3 is 20.1 Å². The highest BCUT2D eigenvalue weighted by Gasteiger charge is 2.38. The van der Waals surface area contributed by atoms with E-state index in [2.05, 4.69) is 23.5 Å². The van der Waals surface area contributed by atoms with Gasteiger partial charge in [-0.25, -0.2) is 9.59 Å². The summed E-state index contributed by atoms with van der Waals surface area (Å²) in [6, 6.07) is 16.3. The van der Waals surface area contributed by atoms with Crippen LogP contribution in [0, 0.1) is 11.3 Å². The second-order valence-corrected chi connectivity index (χ2v) is 8.95. The van der Waals surface area contributed by atoms with Crippen molar-refractivity contribution in [3.63, 3.8) is 0 Å². The van der Waals surface area contributed by atoms with E-state index in [0.29, 0.717) is 45.1 Å². The summed E-state index contributed by atoms with van der Waals surface area (Å²) in [5.41, 5.74) is 4.42. The van der Waals surface area contributed by atoms with Crippen LogP contribution in [0.5, 0.6) is 0 Å². The lowest BCUT2D eigenvalue weighted by Gasteiger charge is -2.27. The summed E-state index contributed by atoms with van der Waals surface area (Å²) >= 11 is 0. The van der Waals surface area contributed by atoms with E-state index < -0.39 is 30.1 Å². The number of fused-ring (bicyclic) bond motifs is 3. The minimum absolute atomic E-state index is 0.104. The number of rotatable bonds is 9. The number of benzene rings is 2. The molecule has 2 atom stereocenters. The van der Waals surface area contributed by atoms with Crippen molar-refractivity contribution in [2.24, 2.45) is 0 Å². The quantitative estimate of drug-likeness (QED) is 0.528. The molecule has 1 unspecified atom stereocenters. The highest BCUT2D eigenvalue weighted by Crippen LogP contribution is 2.44. The first-order valence-corrected chi connectivity index (χ1v) is 12.0. The van der Waals surface area contributed by atoms with E-state index in [1.807, 2.05) is 36.4 Å². The Morgan fingerprint density at radius 1 is 1.09 bits per heavy atom. The van der Waals surface area contributed by atoms with Crippen molar-refractivity contribution in [2.45, 2.75) is 56.5 Å². The van der Waals surface area contributed by atoms with Crippen molar-refractivity contribution in [2.75, 3.05) is 13.2 Å². The fraction of sp³-hybridized carbons (Fsp3) is 0.407. The monoisotopic (exact) mass is 475 g/mol. The van der Waals surface area contributed by atoms with Crippen LogP contribution in [0.25, 0.3) is 11.1 Å². The lowest BCUT2D eigenvalue weighted by atomic mass is 9.98. The fourth-order valence-corrected chi connectivity index (χ4v) is 5.08. The van der Waals surface area contributed by atoms with Crippen molar-refractivity contribution in [1.82, 2.24) is 10.2 Å². The Bertz CT molecular complexity index is 1100. The molecule has 2 aromatic carbocycles. The maximum absolute atomic E-state index is 13.2. The third kappa shape index (κ3) is 5.29. The Labute approximate surface area is 204 Å². The molecule has 35 heavy (non-hydrogen) atoms. The van der Waals surface area contributed by atoms with Gasteiger partial charge in [0.1, 0.15) is 18.7 Å². The number of hydrogen-bond acceptors (Lipinski definition) is 5. The average molecular weight is 476 g/mol. The Morgan fingerprint density at radius 2 is 1.74 bits per heavy atom. The largest absolute Gasteiger partial charge is 0.480 e. The van der Waals surface area contributed by atoms with E-state index in [-0.39, 0.29) is 12.5 Å². The van der Waals surface area contributed by atoms with Crippen LogP contribution in [0.15, 0.2) is 48.5 Å². The molecule has 8 nitrogen and oxygen atoms in total. The normalized spacial score (nSPS) is 17.2. The Hall–Kier alpha value is -3.86. The van der Waals surface area contributed by atoms with Crippen molar-refractivity contribution < 1.29 is 24.2 Å². The molecule has 182 valence electrons. The van der Waals surface area contributed by atoms with Crippen LogP contribution in [0.3, 0.4) is 0 Å². The number of nitriles is 1. The van der Waals surface area contributed by atoms with Crippen LogP contribution in [0.4, 0.5) is 4.79 Å². The topological polar surface area (TPSA) is 120 Å². The van der Waals surface area contributed by atoms with Crippen LogP contribution in [0.1, 0.15) is 55.6 Å². The van der Waals surface area contributed by atoms with Gasteiger partial charge in [0, 0.05) is 18.9 Å². The van der Waals surface area contributed by atoms with E-state index >= 15 is 0 Å². The average Bonchev–Trinajstić information content (AvgIpc) is 3.48. The van der Waals surface area contributed by atoms with Crippen molar-refractivity contribution in [3.8, 4) is 17.2 Å². The predicted molar refractivity (Wildman–Crippen MR) is 128 cm³/mol. The minimum atomic E-state index is -1.04. The maximum atomic E-state index is 13.2. The van der Waals surface area contributed by atoms with Gasteiger partial charge in [-0.3, -0.25) is 4.79 Å². The molecular formula is C27H29N3O5. The number of carboxylic acids is 1. The van der Waals surface area contributed by atoms with E-state index in [1.54, 1.807) is 0 Å². The van der Waals surface area contributed by atoms with Crippen LogP contribution < -0.4 is 5.32 Å². The van der Waals surface area contributed by atoms with Crippen LogP contribution in [-0.4, -0.2) is 53.2 Å². The Morgan fingerprint density at radius 3 is 2.37 bits per heavy atom. The van der Waals surface area contributed by atoms with Crippen LogP contribution >= 0.6 is 0 Å². The minimum Gasteiger partial charge on any atom is -0.480 e. The van der Waals surface area contributed by atoms with Gasteiger partial charge in [0.2, 0.25) is 5.91 Å². The third-order valence-electron chi connectivity index (χ3n) is 6.79. The first kappa shape index (κ1) is 24.3. The number of carbonyl (C=O) groups excluding carboxylic acids is 2. The number of carboxylic acid groups (broad SMARTS) is 1. The number of likely N-dealkylation sites (tertiary alicyclic amines) is 1. The van der Waals surface area contributed by atoms with Gasteiger partial charge in [0.15, 0.2) is 0 Å². The van der Waals surface area contributed by atoms with E-state index in [1.165, 1.54) is 4.90 Å². The molecule has 1 heterocycles. The standard InChI is InChI=1S/C27H29N3O5/c28-15-7-1-2-13-23(25(31)30-16-8-14-24(30)26(32)33)29-27(34)35-17-22-20-11-5-3-9-18(20)19-10-4-6-12-21(19)22/h3-6,9-12,22-24H,1-2,7-8,13-14,16-17H2,(H,29,34)(H,32,33)/t23?,24-/m1/s1. The predicted octanol–water partition coefficient (Wildman–Crippen LogP) is 4.05. The van der Waals surface area contributed by atoms with Crippen molar-refractivity contribution in [3.05, 3.63) is 59.7 Å². The number of ether oxygens (including phenoxy) is 1. The third-order valence-corrected chi connectivity index (χ3v) is 6.79. The first-order chi connectivity index (χ1) is 17.0. The molecular weight excluding hydrogens is 446 g/mol. The summed E-state index contributed by atoms with van der Waals surface area (Å²) in [6.07, 6.45) is 2.11. The molecule has 0 spiro atoms. The number of nitrogens with zero attached hydrogens (tertiary/aromatic N) is 2. The van der Waals surface area contributed by atoms with Gasteiger partial charge in [-0.1, -0.05) is 48.5 Å². The fourth-order valence-electron chi connectivity index (χ4n) is 5.08. The summed E-state index contributed by atoms with van der Waals surface area (Å²) in [7, 11) is 0. The molecule has 8 heteroatoms. The smallest absolute Gasteiger partial charge is 0.407 e. The summed E-state index contributed by atoms with van der Waals surface area (Å²) < 4.78 is 5.60. The highest BCUT2D eigenvalue weighted by molar-refractivity contribution is 5.89. The number of alkyl carbamates (subject to hydrolysis) is 1. The van der Waals surface area contributed by atoms with E-state index in [4.69, 9.17) is 10.00 Å². The Balaban J connectivity index is 1.43. The molecule has 4 rings (SSSR count). The van der Waals surface area contributed by atoms with Gasteiger partial charge in [-0.2, -0.15) is 5.26 Å². The number of amides is 2. The maximum Gasteiger partial charge on any atom is 0.407 e. The van der Waals surface area contributed by atoms with Gasteiger partial charge in [-0.15, -0.1) is 0 Å². The Kier molecular flexibility index (Phi) is 7.66. The van der Waals surface area contributed by atoms with Gasteiger partial charge >= 0.3 is 12.1 Å². The summed E-state index contributed by atoms with van der Waals surface area (Å²) in [5.74, 6) is -1.56. The number of aliphatic carboxylic acids is 1. The zero-order chi connectivity index (χ0) is 24.8. The molecule has 1 aliphatic carbocycles. The van der Waals surface area contributed by atoms with Gasteiger partial charge in [0.25, 0.3) is 0 Å². The molecule has 2 aromatic rings. The lowest BCUT2D eigenvalue weighted by Crippen LogP contribution is -2.51. The molecule has 0 radical (unpaired) electrons. The highest BCUT2D eigenvalue weighted by atomic mass is 16.5. The summed E-state index contributed by atoms with van der Waals surface area (Å²) in [5, 5.41) is 20.9. The van der Waals surface area contributed by atoms with E-state index in [9.17, 15) is 19.5 Å². The van der Waals surface area contributed by atoms with Gasteiger partial charge in [-0.05, 0) is 54.4 Å². The van der Waals surface area contributed by atoms with Gasteiger partial charge in [0.05, 0.1) is 6.07 Å². The number of nitrogens with one attached hydrogen (secondary N) is 1. The number of hydrogen-bond donors (Lipinski definition) is 2. The molecule has 1 fully saturated rings. The molecule has 0 bridgehead atoms. The first-order valence-electron chi connectivity index (χ1n) is 12.0. The summed E-state index contributed by atoms with van der Waals surface area (Å²) in [4.78, 5) is 38.9. The van der Waals surface area contributed by atoms with Crippen molar-refractivity contribution >= 4 is 18.0 Å². The molecule has 2 aliphatic rings. The molecule has 2 N–H and O–H groups in total. The zero-order valence-electron chi connectivity index (χ0n) is 19.5. The molecule has 1 aliphatic heterocycles. The molecule has 0 aromatic heterocycles.